The summed E-state index contributed by atoms with van der Waals surface area (Å²) >= 11 is 2.98. The molecule has 6 nitrogen and oxygen atoms in total. The highest BCUT2D eigenvalue weighted by Crippen LogP contribution is 2.28. The first kappa shape index (κ1) is 19.4. The molecule has 3 rings (SSSR count). The highest BCUT2D eigenvalue weighted by Gasteiger charge is 2.17. The Morgan fingerprint density at radius 2 is 2.00 bits per heavy atom. The Morgan fingerprint density at radius 3 is 2.70 bits per heavy atom. The van der Waals surface area contributed by atoms with Crippen LogP contribution >= 0.6 is 23.1 Å². The minimum atomic E-state index is -0.486. The molecule has 0 bridgehead atoms. The van der Waals surface area contributed by atoms with Gasteiger partial charge in [0.05, 0.1) is 5.69 Å². The van der Waals surface area contributed by atoms with E-state index in [1.807, 2.05) is 20.9 Å². The number of amides is 1. The summed E-state index contributed by atoms with van der Waals surface area (Å²) in [6.45, 7) is 4.18. The van der Waals surface area contributed by atoms with Crippen molar-refractivity contribution in [3.63, 3.8) is 0 Å². The van der Waals surface area contributed by atoms with Gasteiger partial charge in [-0.05, 0) is 32.0 Å². The summed E-state index contributed by atoms with van der Waals surface area (Å²) in [4.78, 5) is 26.6. The zero-order valence-corrected chi connectivity index (χ0v) is 17.1. The molecule has 2 heterocycles. The number of ether oxygens (including phenoxy) is 1. The Bertz CT molecular complexity index is 926. The van der Waals surface area contributed by atoms with Crippen molar-refractivity contribution >= 4 is 45.2 Å². The maximum atomic E-state index is 12.2. The standard InChI is InChI=1S/C19H21N3O3S2/c1-12-4-6-14(7-5-12)26-9-8-20-17(23)11-25-19(24)16-10-15-13(2)21-22(3)18(15)27-16/h4-7,10H,8-9,11H2,1-3H3,(H,20,23). The second-order valence-electron chi connectivity index (χ2n) is 6.13. The van der Waals surface area contributed by atoms with E-state index in [2.05, 4.69) is 34.7 Å². The molecule has 0 saturated carbocycles. The van der Waals surface area contributed by atoms with Crippen LogP contribution in [0.4, 0.5) is 0 Å². The van der Waals surface area contributed by atoms with Crippen molar-refractivity contribution in [1.29, 1.82) is 0 Å². The third kappa shape index (κ3) is 4.90. The zero-order valence-electron chi connectivity index (χ0n) is 15.4. The quantitative estimate of drug-likeness (QED) is 0.372. The van der Waals surface area contributed by atoms with Gasteiger partial charge < -0.3 is 10.1 Å². The number of esters is 1. The van der Waals surface area contributed by atoms with Gasteiger partial charge in [-0.1, -0.05) is 17.7 Å². The number of aryl methyl sites for hydroxylation is 3. The molecule has 0 aliphatic carbocycles. The SMILES string of the molecule is Cc1ccc(SCCNC(=O)COC(=O)c2cc3c(C)nn(C)c3s2)cc1. The van der Waals surface area contributed by atoms with Crippen LogP contribution in [0.25, 0.3) is 10.2 Å². The second kappa shape index (κ2) is 8.58. The van der Waals surface area contributed by atoms with Crippen LogP contribution in [0, 0.1) is 13.8 Å². The molecular formula is C19H21N3O3S2. The van der Waals surface area contributed by atoms with E-state index in [1.54, 1.807) is 22.5 Å². The van der Waals surface area contributed by atoms with Crippen molar-refractivity contribution in [2.45, 2.75) is 18.7 Å². The number of nitrogens with one attached hydrogen (secondary N) is 1. The Hall–Kier alpha value is -2.32. The van der Waals surface area contributed by atoms with E-state index >= 15 is 0 Å². The van der Waals surface area contributed by atoms with Gasteiger partial charge in [0.25, 0.3) is 5.91 Å². The van der Waals surface area contributed by atoms with Gasteiger partial charge in [0.15, 0.2) is 6.61 Å². The van der Waals surface area contributed by atoms with Crippen molar-refractivity contribution in [3.8, 4) is 0 Å². The molecule has 142 valence electrons. The molecule has 0 unspecified atom stereocenters. The normalized spacial score (nSPS) is 10.9. The lowest BCUT2D eigenvalue weighted by atomic mass is 10.2. The predicted octanol–water partition coefficient (Wildman–Crippen LogP) is 3.32. The molecule has 1 amide bonds. The molecule has 0 atom stereocenters. The van der Waals surface area contributed by atoms with Crippen LogP contribution in [0.1, 0.15) is 20.9 Å². The maximum absolute atomic E-state index is 12.2. The molecule has 0 aliphatic rings. The topological polar surface area (TPSA) is 73.2 Å². The fourth-order valence-corrected chi connectivity index (χ4v) is 4.34. The van der Waals surface area contributed by atoms with E-state index < -0.39 is 5.97 Å². The van der Waals surface area contributed by atoms with Gasteiger partial charge in [0.1, 0.15) is 9.71 Å². The molecule has 0 radical (unpaired) electrons. The number of carbonyl (C=O) groups is 2. The first-order chi connectivity index (χ1) is 12.9. The summed E-state index contributed by atoms with van der Waals surface area (Å²) in [5.41, 5.74) is 2.09. The van der Waals surface area contributed by atoms with Crippen LogP contribution in [0.2, 0.25) is 0 Å². The minimum absolute atomic E-state index is 0.278. The fourth-order valence-electron chi connectivity index (χ4n) is 2.55. The van der Waals surface area contributed by atoms with Gasteiger partial charge in [-0.15, -0.1) is 23.1 Å². The predicted molar refractivity (Wildman–Crippen MR) is 109 cm³/mol. The first-order valence-corrected chi connectivity index (χ1v) is 10.3. The number of nitrogens with zero attached hydrogens (tertiary/aromatic N) is 2. The lowest BCUT2D eigenvalue weighted by Gasteiger charge is -2.06. The lowest BCUT2D eigenvalue weighted by molar-refractivity contribution is -0.124. The summed E-state index contributed by atoms with van der Waals surface area (Å²) < 4.78 is 6.86. The van der Waals surface area contributed by atoms with E-state index in [0.29, 0.717) is 11.4 Å². The molecule has 8 heteroatoms. The monoisotopic (exact) mass is 403 g/mol. The van der Waals surface area contributed by atoms with E-state index in [1.165, 1.54) is 16.9 Å². The molecule has 27 heavy (non-hydrogen) atoms. The average Bonchev–Trinajstić information content (AvgIpc) is 3.20. The number of hydrogen-bond acceptors (Lipinski definition) is 6. The molecule has 0 saturated heterocycles. The molecule has 1 N–H and O–H groups in total. The summed E-state index contributed by atoms with van der Waals surface area (Å²) in [6.07, 6.45) is 0. The average molecular weight is 404 g/mol. The van der Waals surface area contributed by atoms with Gasteiger partial charge in [-0.2, -0.15) is 5.10 Å². The lowest BCUT2D eigenvalue weighted by Crippen LogP contribution is -2.30. The fraction of sp³-hybridized carbons (Fsp3) is 0.316. The van der Waals surface area contributed by atoms with Gasteiger partial charge in [-0.3, -0.25) is 9.48 Å². The minimum Gasteiger partial charge on any atom is -0.451 e. The molecule has 3 aromatic rings. The summed E-state index contributed by atoms with van der Waals surface area (Å²) in [5.74, 6) is -0.0303. The number of thioether (sulfide) groups is 1. The third-order valence-electron chi connectivity index (χ3n) is 3.95. The molecule has 1 aromatic carbocycles. The van der Waals surface area contributed by atoms with Gasteiger partial charge in [-0.25, -0.2) is 4.79 Å². The highest BCUT2D eigenvalue weighted by atomic mass is 32.2. The molecule has 0 aliphatic heterocycles. The van der Waals surface area contributed by atoms with E-state index in [0.717, 1.165) is 26.6 Å². The number of fused-ring (bicyclic) bond motifs is 1. The van der Waals surface area contributed by atoms with Gasteiger partial charge in [0.2, 0.25) is 0 Å². The second-order valence-corrected chi connectivity index (χ2v) is 8.33. The Morgan fingerprint density at radius 1 is 1.26 bits per heavy atom. The smallest absolute Gasteiger partial charge is 0.348 e. The Kier molecular flexibility index (Phi) is 6.18. The first-order valence-electron chi connectivity index (χ1n) is 8.50. The van der Waals surface area contributed by atoms with Crippen molar-refractivity contribution in [2.75, 3.05) is 18.9 Å². The molecule has 0 fully saturated rings. The van der Waals surface area contributed by atoms with Crippen LogP contribution in [-0.4, -0.2) is 40.6 Å². The van der Waals surface area contributed by atoms with E-state index in [4.69, 9.17) is 4.74 Å². The number of thiophene rings is 1. The van der Waals surface area contributed by atoms with Gasteiger partial charge in [0, 0.05) is 29.6 Å². The molecular weight excluding hydrogens is 382 g/mol. The van der Waals surface area contributed by atoms with Crippen LogP contribution in [0.15, 0.2) is 35.2 Å². The van der Waals surface area contributed by atoms with Crippen molar-refractivity contribution in [2.24, 2.45) is 7.05 Å². The van der Waals surface area contributed by atoms with E-state index in [9.17, 15) is 9.59 Å². The number of carbonyl (C=O) groups excluding carboxylic acids is 2. The Labute approximate surface area is 165 Å². The Balaban J connectivity index is 1.40. The number of hydrogen-bond donors (Lipinski definition) is 1. The molecule has 2 aromatic heterocycles. The maximum Gasteiger partial charge on any atom is 0.348 e. The molecule has 0 spiro atoms. The van der Waals surface area contributed by atoms with Crippen molar-refractivity contribution in [3.05, 3.63) is 46.5 Å². The summed E-state index contributed by atoms with van der Waals surface area (Å²) in [6, 6.07) is 10.0. The van der Waals surface area contributed by atoms with Crippen molar-refractivity contribution in [1.82, 2.24) is 15.1 Å². The van der Waals surface area contributed by atoms with E-state index in [-0.39, 0.29) is 12.5 Å². The number of rotatable bonds is 7. The van der Waals surface area contributed by atoms with Gasteiger partial charge >= 0.3 is 5.97 Å². The van der Waals surface area contributed by atoms with Crippen LogP contribution in [0.5, 0.6) is 0 Å². The summed E-state index contributed by atoms with van der Waals surface area (Å²) in [7, 11) is 1.84. The van der Waals surface area contributed by atoms with Crippen molar-refractivity contribution < 1.29 is 14.3 Å². The van der Waals surface area contributed by atoms with Crippen LogP contribution < -0.4 is 5.32 Å². The largest absolute Gasteiger partial charge is 0.451 e. The highest BCUT2D eigenvalue weighted by molar-refractivity contribution is 7.99. The zero-order chi connectivity index (χ0) is 19.4. The van der Waals surface area contributed by atoms with Crippen LogP contribution in [0.3, 0.4) is 0 Å². The summed E-state index contributed by atoms with van der Waals surface area (Å²) in [5, 5.41) is 8.00. The number of benzene rings is 1. The third-order valence-corrected chi connectivity index (χ3v) is 6.14. The number of aromatic nitrogens is 2. The van der Waals surface area contributed by atoms with Crippen LogP contribution in [-0.2, 0) is 16.6 Å².